The maximum atomic E-state index is 12.5. The van der Waals surface area contributed by atoms with E-state index < -0.39 is 11.7 Å². The van der Waals surface area contributed by atoms with Gasteiger partial charge in [-0.05, 0) is 29.3 Å². The summed E-state index contributed by atoms with van der Waals surface area (Å²) in [6, 6.07) is 7.07. The highest BCUT2D eigenvalue weighted by Crippen LogP contribution is 2.28. The van der Waals surface area contributed by atoms with Crippen LogP contribution in [0.5, 0.6) is 0 Å². The summed E-state index contributed by atoms with van der Waals surface area (Å²) in [6.45, 7) is 1.01. The van der Waals surface area contributed by atoms with E-state index in [0.29, 0.717) is 19.0 Å². The first-order valence-electron chi connectivity index (χ1n) is 7.10. The van der Waals surface area contributed by atoms with E-state index >= 15 is 0 Å². The summed E-state index contributed by atoms with van der Waals surface area (Å²) in [6.07, 6.45) is -0.356. The van der Waals surface area contributed by atoms with Gasteiger partial charge in [-0.25, -0.2) is 0 Å². The number of halogens is 4. The second-order valence-electron chi connectivity index (χ2n) is 5.16. The smallest absolute Gasteiger partial charge is 0.357 e. The van der Waals surface area contributed by atoms with Gasteiger partial charge >= 0.3 is 6.18 Å². The maximum Gasteiger partial charge on any atom is 0.416 e. The molecule has 0 saturated carbocycles. The van der Waals surface area contributed by atoms with Gasteiger partial charge in [0.05, 0.1) is 5.56 Å². The second kappa shape index (κ2) is 8.95. The second-order valence-corrected chi connectivity index (χ2v) is 5.16. The van der Waals surface area contributed by atoms with Gasteiger partial charge in [0.15, 0.2) is 5.96 Å². The topological polar surface area (TPSA) is 41.4 Å². The van der Waals surface area contributed by atoms with Crippen LogP contribution in [0.1, 0.15) is 16.7 Å². The SMILES string of the molecule is CN=C(NCc1ccc(C(F)(F)F)cc1)NCc1ccn(C)c1.I. The summed E-state index contributed by atoms with van der Waals surface area (Å²) >= 11 is 0. The molecule has 0 spiro atoms. The summed E-state index contributed by atoms with van der Waals surface area (Å²) in [5.74, 6) is 0.591. The molecule has 0 bridgehead atoms. The quantitative estimate of drug-likeness (QED) is 0.424. The standard InChI is InChI=1S/C16H19F3N4.HI/c1-20-15(22-10-13-7-8-23(2)11-13)21-9-12-3-5-14(6-4-12)16(17,18)19;/h3-8,11H,9-10H2,1-2H3,(H2,20,21,22);1H. The zero-order valence-electron chi connectivity index (χ0n) is 13.4. The molecule has 132 valence electrons. The van der Waals surface area contributed by atoms with E-state index in [1.807, 2.05) is 30.1 Å². The van der Waals surface area contributed by atoms with Gasteiger partial charge in [0.25, 0.3) is 0 Å². The van der Waals surface area contributed by atoms with Crippen molar-refractivity contribution >= 4 is 29.9 Å². The molecule has 0 aliphatic rings. The van der Waals surface area contributed by atoms with Crippen LogP contribution in [-0.4, -0.2) is 17.6 Å². The molecule has 1 aromatic carbocycles. The lowest BCUT2D eigenvalue weighted by Gasteiger charge is -2.12. The van der Waals surface area contributed by atoms with Crippen molar-refractivity contribution in [3.05, 3.63) is 59.4 Å². The Bertz CT molecular complexity index is 663. The minimum Gasteiger partial charge on any atom is -0.357 e. The highest BCUT2D eigenvalue weighted by atomic mass is 127. The first kappa shape index (κ1) is 20.3. The summed E-state index contributed by atoms with van der Waals surface area (Å²) in [5, 5.41) is 6.22. The first-order valence-corrected chi connectivity index (χ1v) is 7.10. The number of alkyl halides is 3. The third-order valence-electron chi connectivity index (χ3n) is 3.32. The van der Waals surface area contributed by atoms with Crippen molar-refractivity contribution in [1.82, 2.24) is 15.2 Å². The highest BCUT2D eigenvalue weighted by molar-refractivity contribution is 14.0. The number of aryl methyl sites for hydroxylation is 1. The van der Waals surface area contributed by atoms with Crippen molar-refractivity contribution in [2.45, 2.75) is 19.3 Å². The van der Waals surface area contributed by atoms with E-state index in [9.17, 15) is 13.2 Å². The predicted molar refractivity (Wildman–Crippen MR) is 99.3 cm³/mol. The number of nitrogens with one attached hydrogen (secondary N) is 2. The molecule has 0 aliphatic heterocycles. The third-order valence-corrected chi connectivity index (χ3v) is 3.32. The van der Waals surface area contributed by atoms with Gasteiger partial charge < -0.3 is 15.2 Å². The largest absolute Gasteiger partial charge is 0.416 e. The molecule has 4 nitrogen and oxygen atoms in total. The highest BCUT2D eigenvalue weighted by Gasteiger charge is 2.29. The van der Waals surface area contributed by atoms with E-state index in [4.69, 9.17) is 0 Å². The Hall–Kier alpha value is -1.71. The van der Waals surface area contributed by atoms with Gasteiger partial charge in [0, 0.05) is 39.6 Å². The van der Waals surface area contributed by atoms with Crippen molar-refractivity contribution in [2.24, 2.45) is 12.0 Å². The minimum atomic E-state index is -4.31. The lowest BCUT2D eigenvalue weighted by molar-refractivity contribution is -0.137. The molecule has 2 N–H and O–H groups in total. The molecule has 1 heterocycles. The predicted octanol–water partition coefficient (Wildman–Crippen LogP) is 3.53. The number of nitrogens with zero attached hydrogens (tertiary/aromatic N) is 2. The maximum absolute atomic E-state index is 12.5. The summed E-state index contributed by atoms with van der Waals surface area (Å²) in [7, 11) is 3.59. The van der Waals surface area contributed by atoms with E-state index in [-0.39, 0.29) is 24.0 Å². The molecule has 1 aromatic heterocycles. The number of aliphatic imine (C=N–C) groups is 1. The number of aromatic nitrogens is 1. The monoisotopic (exact) mass is 452 g/mol. The van der Waals surface area contributed by atoms with E-state index in [2.05, 4.69) is 15.6 Å². The molecule has 2 aromatic rings. The molecule has 2 rings (SSSR count). The molecule has 0 atom stereocenters. The van der Waals surface area contributed by atoms with Crippen LogP contribution in [0.2, 0.25) is 0 Å². The normalized spacial score (nSPS) is 11.8. The third kappa shape index (κ3) is 6.06. The van der Waals surface area contributed by atoms with Crippen molar-refractivity contribution in [3.63, 3.8) is 0 Å². The van der Waals surface area contributed by atoms with Gasteiger partial charge in [-0.1, -0.05) is 12.1 Å². The minimum absolute atomic E-state index is 0. The summed E-state index contributed by atoms with van der Waals surface area (Å²) in [5.41, 5.74) is 1.22. The number of hydrogen-bond acceptors (Lipinski definition) is 1. The lowest BCUT2D eigenvalue weighted by Crippen LogP contribution is -2.36. The fraction of sp³-hybridized carbons (Fsp3) is 0.312. The zero-order valence-corrected chi connectivity index (χ0v) is 15.7. The number of hydrogen-bond donors (Lipinski definition) is 2. The van der Waals surface area contributed by atoms with Crippen LogP contribution in [0.4, 0.5) is 13.2 Å². The van der Waals surface area contributed by atoms with Gasteiger partial charge in [0.2, 0.25) is 0 Å². The van der Waals surface area contributed by atoms with E-state index in [0.717, 1.165) is 23.3 Å². The molecule has 8 heteroatoms. The fourth-order valence-corrected chi connectivity index (χ4v) is 2.07. The van der Waals surface area contributed by atoms with Gasteiger partial charge in [0.1, 0.15) is 0 Å². The Morgan fingerprint density at radius 3 is 2.08 bits per heavy atom. The van der Waals surface area contributed by atoms with Crippen molar-refractivity contribution in [3.8, 4) is 0 Å². The number of rotatable bonds is 4. The number of benzene rings is 1. The van der Waals surface area contributed by atoms with Gasteiger partial charge in [-0.2, -0.15) is 13.2 Å². The van der Waals surface area contributed by atoms with Crippen molar-refractivity contribution in [2.75, 3.05) is 7.05 Å². The fourth-order valence-electron chi connectivity index (χ4n) is 2.07. The molecule has 0 fully saturated rings. The Labute approximate surface area is 156 Å². The van der Waals surface area contributed by atoms with Crippen LogP contribution in [0.3, 0.4) is 0 Å². The lowest BCUT2D eigenvalue weighted by atomic mass is 10.1. The summed E-state index contributed by atoms with van der Waals surface area (Å²) in [4.78, 5) is 4.09. The van der Waals surface area contributed by atoms with Gasteiger partial charge in [-0.3, -0.25) is 4.99 Å². The Balaban J connectivity index is 0.00000288. The molecule has 0 saturated heterocycles. The molecule has 0 unspecified atom stereocenters. The molecule has 0 amide bonds. The van der Waals surface area contributed by atoms with Crippen LogP contribution >= 0.6 is 24.0 Å². The van der Waals surface area contributed by atoms with E-state index in [1.54, 1.807) is 7.05 Å². The Morgan fingerprint density at radius 2 is 1.62 bits per heavy atom. The Morgan fingerprint density at radius 1 is 1.04 bits per heavy atom. The van der Waals surface area contributed by atoms with Crippen LogP contribution in [0.25, 0.3) is 0 Å². The summed E-state index contributed by atoms with van der Waals surface area (Å²) < 4.78 is 39.5. The number of guanidine groups is 1. The first-order chi connectivity index (χ1) is 10.9. The van der Waals surface area contributed by atoms with Gasteiger partial charge in [-0.15, -0.1) is 24.0 Å². The van der Waals surface area contributed by atoms with Crippen LogP contribution in [0, 0.1) is 0 Å². The van der Waals surface area contributed by atoms with Crippen LogP contribution < -0.4 is 10.6 Å². The molecule has 0 aliphatic carbocycles. The van der Waals surface area contributed by atoms with Crippen molar-refractivity contribution in [1.29, 1.82) is 0 Å². The molecular formula is C16H20F3IN4. The Kier molecular flexibility index (Phi) is 7.59. The van der Waals surface area contributed by atoms with Crippen LogP contribution in [-0.2, 0) is 26.3 Å². The average molecular weight is 452 g/mol. The zero-order chi connectivity index (χ0) is 16.9. The molecule has 24 heavy (non-hydrogen) atoms. The van der Waals surface area contributed by atoms with Crippen molar-refractivity contribution < 1.29 is 13.2 Å². The average Bonchev–Trinajstić information content (AvgIpc) is 2.92. The molecule has 0 radical (unpaired) electrons. The molecular weight excluding hydrogens is 432 g/mol. The van der Waals surface area contributed by atoms with E-state index in [1.165, 1.54) is 12.1 Å². The van der Waals surface area contributed by atoms with Crippen LogP contribution in [0.15, 0.2) is 47.7 Å².